The average molecular weight is 413 g/mol. The first kappa shape index (κ1) is 19.2. The third kappa shape index (κ3) is 3.29. The Morgan fingerprint density at radius 1 is 1.24 bits per heavy atom. The van der Waals surface area contributed by atoms with Gasteiger partial charge in [0.2, 0.25) is 5.95 Å². The van der Waals surface area contributed by atoms with Crippen molar-refractivity contribution in [1.82, 2.24) is 18.7 Å². The third-order valence-electron chi connectivity index (χ3n) is 4.80. The molecular formula is C20H21ClN6O2. The number of aromatic nitrogens is 4. The highest BCUT2D eigenvalue weighted by Gasteiger charge is 2.26. The van der Waals surface area contributed by atoms with E-state index in [1.807, 2.05) is 18.4 Å². The number of halogens is 1. The van der Waals surface area contributed by atoms with Crippen LogP contribution in [-0.2, 0) is 20.1 Å². The lowest BCUT2D eigenvalue weighted by molar-refractivity contribution is 0.653. The number of fused-ring (bicyclic) bond motifs is 3. The Bertz CT molecular complexity index is 1280. The molecule has 0 aliphatic carbocycles. The first-order valence-electron chi connectivity index (χ1n) is 9.16. The molecule has 2 aromatic heterocycles. The molecule has 0 amide bonds. The summed E-state index contributed by atoms with van der Waals surface area (Å²) >= 11 is 5.94. The first-order chi connectivity index (χ1) is 13.8. The van der Waals surface area contributed by atoms with E-state index in [2.05, 4.69) is 16.7 Å². The summed E-state index contributed by atoms with van der Waals surface area (Å²) in [6, 6.07) is 7.08. The molecule has 0 atom stereocenters. The maximum absolute atomic E-state index is 13.3. The molecule has 150 valence electrons. The molecule has 0 saturated carbocycles. The van der Waals surface area contributed by atoms with E-state index in [0.717, 1.165) is 16.8 Å². The summed E-state index contributed by atoms with van der Waals surface area (Å²) < 4.78 is 4.46. The quantitative estimate of drug-likeness (QED) is 0.616. The Balaban J connectivity index is 1.92. The number of nitrogens with zero attached hydrogens (tertiary/aromatic N) is 6. The van der Waals surface area contributed by atoms with Crippen molar-refractivity contribution in [3.8, 4) is 0 Å². The van der Waals surface area contributed by atoms with E-state index in [1.54, 1.807) is 36.3 Å². The van der Waals surface area contributed by atoms with Crippen LogP contribution in [0.3, 0.4) is 0 Å². The van der Waals surface area contributed by atoms with Crippen molar-refractivity contribution in [2.45, 2.75) is 26.9 Å². The van der Waals surface area contributed by atoms with Gasteiger partial charge in [-0.15, -0.1) is 0 Å². The van der Waals surface area contributed by atoms with Crippen molar-refractivity contribution in [3.63, 3.8) is 0 Å². The maximum Gasteiger partial charge on any atom is 0.332 e. The Morgan fingerprint density at radius 3 is 2.59 bits per heavy atom. The van der Waals surface area contributed by atoms with Gasteiger partial charge in [-0.1, -0.05) is 35.9 Å². The normalized spacial score (nSPS) is 13.5. The summed E-state index contributed by atoms with van der Waals surface area (Å²) in [5.41, 5.74) is 2.51. The second kappa shape index (κ2) is 7.04. The van der Waals surface area contributed by atoms with Gasteiger partial charge in [-0.25, -0.2) is 9.80 Å². The second-order valence-corrected chi connectivity index (χ2v) is 7.82. The predicted octanol–water partition coefficient (Wildman–Crippen LogP) is 2.37. The van der Waals surface area contributed by atoms with E-state index in [9.17, 15) is 9.59 Å². The molecule has 1 aliphatic rings. The van der Waals surface area contributed by atoms with Gasteiger partial charge in [-0.3, -0.25) is 18.5 Å². The summed E-state index contributed by atoms with van der Waals surface area (Å²) in [6.07, 6.45) is 0. The highest BCUT2D eigenvalue weighted by Crippen LogP contribution is 2.24. The number of imidazole rings is 1. The lowest BCUT2D eigenvalue weighted by Gasteiger charge is -2.24. The number of aryl methyl sites for hydroxylation is 1. The van der Waals surface area contributed by atoms with Crippen LogP contribution in [-0.4, -0.2) is 30.9 Å². The standard InChI is InChI=1S/C20H21ClN6O2/c1-12(2)9-27-19-22-17-16(25(19)10-13(3)23-27)18(28)26(20(29)24(17)4)11-14-5-7-15(21)8-6-14/h5-8H,1,9-11H2,2-4H3. The minimum atomic E-state index is -0.419. The molecule has 0 radical (unpaired) electrons. The van der Waals surface area contributed by atoms with E-state index in [0.29, 0.717) is 35.2 Å². The SMILES string of the molecule is C=C(C)CN1N=C(C)Cn2c1nc1c2c(=O)n(Cc2ccc(Cl)cc2)c(=O)n1C. The minimum absolute atomic E-state index is 0.154. The van der Waals surface area contributed by atoms with Crippen molar-refractivity contribution < 1.29 is 0 Å². The first-order valence-corrected chi connectivity index (χ1v) is 9.54. The number of rotatable bonds is 4. The van der Waals surface area contributed by atoms with Gasteiger partial charge in [0.05, 0.1) is 25.3 Å². The topological polar surface area (TPSA) is 77.4 Å². The smallest absolute Gasteiger partial charge is 0.297 e. The molecule has 1 aromatic carbocycles. The molecule has 0 unspecified atom stereocenters. The fourth-order valence-electron chi connectivity index (χ4n) is 3.49. The largest absolute Gasteiger partial charge is 0.332 e. The number of hydrogen-bond donors (Lipinski definition) is 0. The monoisotopic (exact) mass is 412 g/mol. The molecule has 8 nitrogen and oxygen atoms in total. The second-order valence-electron chi connectivity index (χ2n) is 7.38. The van der Waals surface area contributed by atoms with Gasteiger partial charge in [0.25, 0.3) is 5.56 Å². The average Bonchev–Trinajstić information content (AvgIpc) is 3.04. The van der Waals surface area contributed by atoms with Crippen LogP contribution in [0.5, 0.6) is 0 Å². The van der Waals surface area contributed by atoms with Crippen LogP contribution in [0.2, 0.25) is 5.02 Å². The van der Waals surface area contributed by atoms with E-state index >= 15 is 0 Å². The van der Waals surface area contributed by atoms with E-state index < -0.39 is 5.69 Å². The molecule has 3 heterocycles. The van der Waals surface area contributed by atoms with Gasteiger partial charge in [-0.2, -0.15) is 10.1 Å². The van der Waals surface area contributed by atoms with Crippen LogP contribution in [0.25, 0.3) is 11.2 Å². The Labute approximate surface area is 172 Å². The summed E-state index contributed by atoms with van der Waals surface area (Å²) in [4.78, 5) is 30.8. The van der Waals surface area contributed by atoms with Gasteiger partial charge in [-0.05, 0) is 31.5 Å². The zero-order valence-corrected chi connectivity index (χ0v) is 17.3. The van der Waals surface area contributed by atoms with Crippen molar-refractivity contribution in [3.05, 3.63) is 67.8 Å². The predicted molar refractivity (Wildman–Crippen MR) is 115 cm³/mol. The highest BCUT2D eigenvalue weighted by atomic mass is 35.5. The summed E-state index contributed by atoms with van der Waals surface area (Å²) in [6.45, 7) is 8.81. The fraction of sp³-hybridized carbons (Fsp3) is 0.300. The molecule has 0 fully saturated rings. The van der Waals surface area contributed by atoms with Gasteiger partial charge < -0.3 is 0 Å². The number of hydrazone groups is 1. The van der Waals surface area contributed by atoms with Crippen molar-refractivity contribution in [2.75, 3.05) is 11.6 Å². The van der Waals surface area contributed by atoms with Crippen LogP contribution in [0.4, 0.5) is 5.95 Å². The number of benzene rings is 1. The Morgan fingerprint density at radius 2 is 1.93 bits per heavy atom. The zero-order chi connectivity index (χ0) is 20.9. The van der Waals surface area contributed by atoms with Crippen LogP contribution in [0.15, 0.2) is 51.1 Å². The maximum atomic E-state index is 13.3. The molecule has 0 N–H and O–H groups in total. The van der Waals surface area contributed by atoms with Crippen LogP contribution in [0.1, 0.15) is 19.4 Å². The Kier molecular flexibility index (Phi) is 4.66. The molecular weight excluding hydrogens is 392 g/mol. The van der Waals surface area contributed by atoms with Gasteiger partial charge in [0.15, 0.2) is 11.2 Å². The zero-order valence-electron chi connectivity index (χ0n) is 16.5. The molecule has 29 heavy (non-hydrogen) atoms. The summed E-state index contributed by atoms with van der Waals surface area (Å²) in [7, 11) is 1.62. The molecule has 0 bridgehead atoms. The third-order valence-corrected chi connectivity index (χ3v) is 5.05. The molecule has 1 aliphatic heterocycles. The van der Waals surface area contributed by atoms with E-state index in [-0.39, 0.29) is 12.1 Å². The molecule has 3 aromatic rings. The lowest BCUT2D eigenvalue weighted by atomic mass is 10.2. The van der Waals surface area contributed by atoms with Gasteiger partial charge in [0, 0.05) is 12.1 Å². The van der Waals surface area contributed by atoms with Crippen molar-refractivity contribution >= 4 is 34.4 Å². The van der Waals surface area contributed by atoms with Crippen LogP contribution >= 0.6 is 11.6 Å². The van der Waals surface area contributed by atoms with Crippen molar-refractivity contribution in [2.24, 2.45) is 12.1 Å². The molecule has 9 heteroatoms. The number of hydrogen-bond acceptors (Lipinski definition) is 5. The van der Waals surface area contributed by atoms with Gasteiger partial charge in [0.1, 0.15) is 0 Å². The molecule has 0 saturated heterocycles. The summed E-state index contributed by atoms with van der Waals surface area (Å²) in [5, 5.41) is 6.85. The van der Waals surface area contributed by atoms with Crippen molar-refractivity contribution in [1.29, 1.82) is 0 Å². The summed E-state index contributed by atoms with van der Waals surface area (Å²) in [5.74, 6) is 0.532. The lowest BCUT2D eigenvalue weighted by Crippen LogP contribution is -2.40. The molecule has 0 spiro atoms. The fourth-order valence-corrected chi connectivity index (χ4v) is 3.62. The van der Waals surface area contributed by atoms with Crippen LogP contribution in [0, 0.1) is 0 Å². The van der Waals surface area contributed by atoms with Gasteiger partial charge >= 0.3 is 5.69 Å². The Hall–Kier alpha value is -3.13. The van der Waals surface area contributed by atoms with Crippen LogP contribution < -0.4 is 16.3 Å². The van der Waals surface area contributed by atoms with E-state index in [1.165, 1.54) is 9.13 Å². The highest BCUT2D eigenvalue weighted by molar-refractivity contribution is 6.30. The molecule has 4 rings (SSSR count). The number of anilines is 1. The van der Waals surface area contributed by atoms with E-state index in [4.69, 9.17) is 11.6 Å². The minimum Gasteiger partial charge on any atom is -0.297 e.